The Balaban J connectivity index is 1.42. The molecule has 0 saturated carbocycles. The Morgan fingerprint density at radius 3 is 2.82 bits per heavy atom. The van der Waals surface area contributed by atoms with Gasteiger partial charge in [-0.1, -0.05) is 19.1 Å². The Labute approximate surface area is 194 Å². The van der Waals surface area contributed by atoms with Gasteiger partial charge in [0, 0.05) is 37.1 Å². The van der Waals surface area contributed by atoms with Crippen LogP contribution in [0.5, 0.6) is 0 Å². The van der Waals surface area contributed by atoms with E-state index in [1.165, 1.54) is 18.2 Å². The van der Waals surface area contributed by atoms with Crippen LogP contribution in [0.2, 0.25) is 0 Å². The van der Waals surface area contributed by atoms with E-state index in [0.717, 1.165) is 12.8 Å². The van der Waals surface area contributed by atoms with Gasteiger partial charge in [0.15, 0.2) is 11.4 Å². The molecule has 1 aliphatic heterocycles. The predicted molar refractivity (Wildman–Crippen MR) is 123 cm³/mol. The lowest BCUT2D eigenvalue weighted by molar-refractivity contribution is 0.0535. The van der Waals surface area contributed by atoms with Crippen LogP contribution in [-0.4, -0.2) is 44.9 Å². The van der Waals surface area contributed by atoms with E-state index in [9.17, 15) is 13.6 Å². The molecule has 2 aromatic carbocycles. The molecule has 1 amide bonds. The molecule has 174 valence electrons. The second-order valence-corrected chi connectivity index (χ2v) is 8.43. The van der Waals surface area contributed by atoms with Crippen molar-refractivity contribution in [1.82, 2.24) is 19.9 Å². The molecular formula is C25H23F2N5O2. The first-order valence-electron chi connectivity index (χ1n) is 11.2. The van der Waals surface area contributed by atoms with E-state index in [1.54, 1.807) is 41.6 Å². The zero-order valence-electron chi connectivity index (χ0n) is 18.5. The van der Waals surface area contributed by atoms with Crippen molar-refractivity contribution < 1.29 is 18.0 Å². The summed E-state index contributed by atoms with van der Waals surface area (Å²) in [5, 5.41) is 3.14. The molecule has 34 heavy (non-hydrogen) atoms. The number of aromatic nitrogens is 3. The zero-order chi connectivity index (χ0) is 23.7. The molecule has 0 aliphatic carbocycles. The first-order chi connectivity index (χ1) is 16.5. The Kier molecular flexibility index (Phi) is 5.91. The minimum Gasteiger partial charge on any atom is -0.423 e. The van der Waals surface area contributed by atoms with Crippen molar-refractivity contribution in [3.8, 4) is 11.4 Å². The van der Waals surface area contributed by atoms with Crippen molar-refractivity contribution in [2.45, 2.75) is 25.8 Å². The van der Waals surface area contributed by atoms with Crippen molar-refractivity contribution in [2.24, 2.45) is 5.92 Å². The fourth-order valence-corrected chi connectivity index (χ4v) is 4.49. The zero-order valence-corrected chi connectivity index (χ0v) is 18.5. The van der Waals surface area contributed by atoms with Gasteiger partial charge in [-0.2, -0.15) is 4.98 Å². The van der Waals surface area contributed by atoms with E-state index in [4.69, 9.17) is 4.42 Å². The fraction of sp³-hybridized carbons (Fsp3) is 0.280. The van der Waals surface area contributed by atoms with Gasteiger partial charge < -0.3 is 14.6 Å². The summed E-state index contributed by atoms with van der Waals surface area (Å²) in [4.78, 5) is 28.1. The summed E-state index contributed by atoms with van der Waals surface area (Å²) in [5.74, 6) is -0.964. The molecule has 4 aromatic rings. The summed E-state index contributed by atoms with van der Waals surface area (Å²) >= 11 is 0. The molecule has 0 spiro atoms. The van der Waals surface area contributed by atoms with Crippen LogP contribution < -0.4 is 5.32 Å². The first-order valence-corrected chi connectivity index (χ1v) is 11.2. The van der Waals surface area contributed by atoms with Gasteiger partial charge in [-0.25, -0.2) is 18.7 Å². The third-order valence-electron chi connectivity index (χ3n) is 6.22. The SMILES string of the molecule is CC1CCCN(C(=O)c2c(F)cccc2-c2ncccn2)C1CNc1nc2ccc(F)cc2o1. The molecule has 0 radical (unpaired) electrons. The molecule has 1 aliphatic rings. The highest BCUT2D eigenvalue weighted by molar-refractivity contribution is 6.00. The van der Waals surface area contributed by atoms with Crippen LogP contribution in [0.25, 0.3) is 22.5 Å². The monoisotopic (exact) mass is 463 g/mol. The number of carbonyl (C=O) groups is 1. The summed E-state index contributed by atoms with van der Waals surface area (Å²) < 4.78 is 34.1. The summed E-state index contributed by atoms with van der Waals surface area (Å²) in [6, 6.07) is 10.3. The van der Waals surface area contributed by atoms with E-state index in [0.29, 0.717) is 35.6 Å². The average Bonchev–Trinajstić information content (AvgIpc) is 3.25. The summed E-state index contributed by atoms with van der Waals surface area (Å²) in [7, 11) is 0. The Morgan fingerprint density at radius 2 is 2.00 bits per heavy atom. The fourth-order valence-electron chi connectivity index (χ4n) is 4.49. The number of fused-ring (bicyclic) bond motifs is 1. The number of hydrogen-bond acceptors (Lipinski definition) is 6. The molecule has 2 aromatic heterocycles. The van der Waals surface area contributed by atoms with Crippen molar-refractivity contribution in [2.75, 3.05) is 18.4 Å². The van der Waals surface area contributed by atoms with Gasteiger partial charge in [0.05, 0.1) is 11.6 Å². The molecule has 0 bridgehead atoms. The van der Waals surface area contributed by atoms with Crippen molar-refractivity contribution >= 4 is 23.0 Å². The quantitative estimate of drug-likeness (QED) is 0.453. The maximum Gasteiger partial charge on any atom is 0.295 e. The van der Waals surface area contributed by atoms with E-state index >= 15 is 0 Å². The van der Waals surface area contributed by atoms with Gasteiger partial charge >= 0.3 is 0 Å². The maximum absolute atomic E-state index is 15.0. The molecule has 2 atom stereocenters. The van der Waals surface area contributed by atoms with Gasteiger partial charge in [0.1, 0.15) is 17.2 Å². The van der Waals surface area contributed by atoms with Crippen LogP contribution in [0.15, 0.2) is 59.3 Å². The number of hydrogen-bond donors (Lipinski definition) is 1. The van der Waals surface area contributed by atoms with Crippen molar-refractivity contribution in [1.29, 1.82) is 0 Å². The molecule has 3 heterocycles. The number of benzene rings is 2. The first kappa shape index (κ1) is 21.9. The topological polar surface area (TPSA) is 84.2 Å². The van der Waals surface area contributed by atoms with Crippen molar-refractivity contribution in [3.63, 3.8) is 0 Å². The standard InChI is InChI=1S/C25H23F2N5O2/c1-15-5-3-12-32(20(15)14-30-25-31-19-9-8-16(26)13-21(19)34-25)24(33)22-17(6-2-7-18(22)27)23-28-10-4-11-29-23/h2,4,6-11,13,15,20H,3,5,12,14H2,1H3,(H,30,31). The number of rotatable bonds is 5. The van der Waals surface area contributed by atoms with Gasteiger partial charge in [-0.15, -0.1) is 0 Å². The molecular weight excluding hydrogens is 440 g/mol. The number of likely N-dealkylation sites (tertiary alicyclic amines) is 1. The summed E-state index contributed by atoms with van der Waals surface area (Å²) in [5.41, 5.74) is 1.19. The minimum atomic E-state index is -0.610. The number of anilines is 1. The van der Waals surface area contributed by atoms with Gasteiger partial charge in [-0.3, -0.25) is 4.79 Å². The summed E-state index contributed by atoms with van der Waals surface area (Å²) in [6.45, 7) is 2.92. The predicted octanol–water partition coefficient (Wildman–Crippen LogP) is 4.92. The smallest absolute Gasteiger partial charge is 0.295 e. The lowest BCUT2D eigenvalue weighted by Gasteiger charge is -2.40. The number of halogens is 2. The number of nitrogens with one attached hydrogen (secondary N) is 1. The number of nitrogens with zero attached hydrogens (tertiary/aromatic N) is 4. The van der Waals surface area contributed by atoms with E-state index in [2.05, 4.69) is 27.2 Å². The third kappa shape index (κ3) is 4.21. The second-order valence-electron chi connectivity index (χ2n) is 8.43. The van der Waals surface area contributed by atoms with Gasteiger partial charge in [-0.05, 0) is 43.0 Å². The number of piperidine rings is 1. The van der Waals surface area contributed by atoms with Gasteiger partial charge in [0.2, 0.25) is 0 Å². The van der Waals surface area contributed by atoms with E-state index in [1.807, 2.05) is 0 Å². The van der Waals surface area contributed by atoms with Crippen LogP contribution in [-0.2, 0) is 0 Å². The van der Waals surface area contributed by atoms with E-state index < -0.39 is 17.5 Å². The molecule has 1 N–H and O–H groups in total. The lowest BCUT2D eigenvalue weighted by Crippen LogP contribution is -2.51. The maximum atomic E-state index is 15.0. The number of amides is 1. The number of oxazole rings is 1. The average molecular weight is 463 g/mol. The van der Waals surface area contributed by atoms with Gasteiger partial charge in [0.25, 0.3) is 11.9 Å². The van der Waals surface area contributed by atoms with Crippen LogP contribution in [0, 0.1) is 17.6 Å². The van der Waals surface area contributed by atoms with Crippen molar-refractivity contribution in [3.05, 3.63) is 72.1 Å². The number of carbonyl (C=O) groups excluding carboxylic acids is 1. The highest BCUT2D eigenvalue weighted by atomic mass is 19.1. The molecule has 1 saturated heterocycles. The molecule has 7 nitrogen and oxygen atoms in total. The highest BCUT2D eigenvalue weighted by Crippen LogP contribution is 2.30. The Bertz CT molecular complexity index is 1330. The molecule has 2 unspecified atom stereocenters. The van der Waals surface area contributed by atoms with Crippen LogP contribution in [0.4, 0.5) is 14.8 Å². The lowest BCUT2D eigenvalue weighted by atomic mass is 9.89. The van der Waals surface area contributed by atoms with E-state index in [-0.39, 0.29) is 23.5 Å². The largest absolute Gasteiger partial charge is 0.423 e. The van der Waals surface area contributed by atoms with Crippen LogP contribution in [0.1, 0.15) is 30.1 Å². The minimum absolute atomic E-state index is 0.0369. The second kappa shape index (κ2) is 9.17. The van der Waals surface area contributed by atoms with Crippen LogP contribution >= 0.6 is 0 Å². The molecule has 1 fully saturated rings. The summed E-state index contributed by atoms with van der Waals surface area (Å²) in [6.07, 6.45) is 4.87. The normalized spacial score (nSPS) is 18.3. The molecule has 9 heteroatoms. The highest BCUT2D eigenvalue weighted by Gasteiger charge is 2.35. The third-order valence-corrected chi connectivity index (χ3v) is 6.22. The Morgan fingerprint density at radius 1 is 1.18 bits per heavy atom. The van der Waals surface area contributed by atoms with Crippen LogP contribution in [0.3, 0.4) is 0 Å². The molecule has 5 rings (SSSR count). The Hall–Kier alpha value is -3.88.